The molecule has 124 valence electrons. The summed E-state index contributed by atoms with van der Waals surface area (Å²) in [5, 5.41) is 11.7. The van der Waals surface area contributed by atoms with Crippen LogP contribution in [0, 0.1) is 6.92 Å². The van der Waals surface area contributed by atoms with Crippen LogP contribution < -0.4 is 10.6 Å². The van der Waals surface area contributed by atoms with Crippen LogP contribution >= 0.6 is 11.6 Å². The van der Waals surface area contributed by atoms with E-state index in [-0.39, 0.29) is 6.04 Å². The molecule has 0 spiro atoms. The zero-order chi connectivity index (χ0) is 17.1. The van der Waals surface area contributed by atoms with Gasteiger partial charge in [0.05, 0.1) is 22.6 Å². The minimum Gasteiger partial charge on any atom is -0.354 e. The molecule has 0 unspecified atom stereocenters. The summed E-state index contributed by atoms with van der Waals surface area (Å²) in [7, 11) is 0. The summed E-state index contributed by atoms with van der Waals surface area (Å²) < 4.78 is 1.94. The van der Waals surface area contributed by atoms with Gasteiger partial charge in [-0.1, -0.05) is 29.8 Å². The molecular weight excluding hydrogens is 322 g/mol. The lowest BCUT2D eigenvalue weighted by Crippen LogP contribution is -2.08. The van der Waals surface area contributed by atoms with Crippen molar-refractivity contribution in [3.8, 4) is 0 Å². The van der Waals surface area contributed by atoms with Crippen molar-refractivity contribution in [1.29, 1.82) is 0 Å². The maximum absolute atomic E-state index is 6.26. The van der Waals surface area contributed by atoms with E-state index < -0.39 is 0 Å². The van der Waals surface area contributed by atoms with Gasteiger partial charge >= 0.3 is 0 Å². The molecule has 1 aromatic carbocycles. The van der Waals surface area contributed by atoms with E-state index >= 15 is 0 Å². The van der Waals surface area contributed by atoms with Gasteiger partial charge in [-0.2, -0.15) is 5.10 Å². The molecule has 6 heteroatoms. The highest BCUT2D eigenvalue weighted by Gasteiger charge is 2.10. The molecule has 0 atom stereocenters. The van der Waals surface area contributed by atoms with Crippen LogP contribution in [0.15, 0.2) is 48.7 Å². The Morgan fingerprint density at radius 2 is 1.83 bits per heavy atom. The number of rotatable bonds is 5. The predicted molar refractivity (Wildman–Crippen MR) is 99.6 cm³/mol. The van der Waals surface area contributed by atoms with Crippen LogP contribution in [-0.2, 0) is 0 Å². The molecule has 0 aliphatic heterocycles. The maximum Gasteiger partial charge on any atom is 0.133 e. The molecule has 2 aromatic heterocycles. The number of benzene rings is 1. The van der Waals surface area contributed by atoms with E-state index in [1.807, 2.05) is 54.1 Å². The standard InChI is InChI=1S/C18H20ClN5/c1-12(2)24-18(9-13(3)23-24)22-17-10-16(15(19)11-20-17)21-14-7-5-4-6-8-14/h4-12H,1-3H3,(H2,20,21,22). The van der Waals surface area contributed by atoms with Gasteiger partial charge in [-0.3, -0.25) is 0 Å². The summed E-state index contributed by atoms with van der Waals surface area (Å²) in [4.78, 5) is 4.36. The summed E-state index contributed by atoms with van der Waals surface area (Å²) >= 11 is 6.26. The fourth-order valence-electron chi connectivity index (χ4n) is 2.41. The van der Waals surface area contributed by atoms with Gasteiger partial charge in [-0.15, -0.1) is 0 Å². The van der Waals surface area contributed by atoms with Crippen LogP contribution in [0.25, 0.3) is 0 Å². The van der Waals surface area contributed by atoms with Gasteiger partial charge in [-0.05, 0) is 32.9 Å². The van der Waals surface area contributed by atoms with Gasteiger partial charge in [0.1, 0.15) is 11.6 Å². The normalized spacial score (nSPS) is 10.9. The molecule has 0 amide bonds. The molecule has 0 aliphatic carbocycles. The molecule has 5 nitrogen and oxygen atoms in total. The first kappa shape index (κ1) is 16.3. The van der Waals surface area contributed by atoms with Crippen molar-refractivity contribution >= 4 is 34.6 Å². The number of aryl methyl sites for hydroxylation is 1. The van der Waals surface area contributed by atoms with Gasteiger partial charge in [0.2, 0.25) is 0 Å². The molecule has 0 aliphatic rings. The number of hydrogen-bond donors (Lipinski definition) is 2. The highest BCUT2D eigenvalue weighted by atomic mass is 35.5. The summed E-state index contributed by atoms with van der Waals surface area (Å²) in [6.45, 7) is 6.16. The van der Waals surface area contributed by atoms with E-state index in [9.17, 15) is 0 Å². The third-order valence-electron chi connectivity index (χ3n) is 3.51. The van der Waals surface area contributed by atoms with Crippen molar-refractivity contribution < 1.29 is 0 Å². The molecule has 0 radical (unpaired) electrons. The van der Waals surface area contributed by atoms with E-state index in [0.29, 0.717) is 10.8 Å². The highest BCUT2D eigenvalue weighted by Crippen LogP contribution is 2.28. The van der Waals surface area contributed by atoms with E-state index in [4.69, 9.17) is 11.6 Å². The number of pyridine rings is 1. The molecule has 0 saturated heterocycles. The van der Waals surface area contributed by atoms with Crippen LogP contribution in [0.3, 0.4) is 0 Å². The quantitative estimate of drug-likeness (QED) is 0.660. The van der Waals surface area contributed by atoms with Crippen molar-refractivity contribution in [2.75, 3.05) is 10.6 Å². The minimum atomic E-state index is 0.260. The van der Waals surface area contributed by atoms with Crippen molar-refractivity contribution in [2.45, 2.75) is 26.8 Å². The van der Waals surface area contributed by atoms with Gasteiger partial charge in [0.25, 0.3) is 0 Å². The molecule has 3 rings (SSSR count). The van der Waals surface area contributed by atoms with Gasteiger partial charge in [0.15, 0.2) is 0 Å². The second-order valence-corrected chi connectivity index (χ2v) is 6.28. The second-order valence-electron chi connectivity index (χ2n) is 5.87. The van der Waals surface area contributed by atoms with Crippen molar-refractivity contribution in [2.24, 2.45) is 0 Å². The maximum atomic E-state index is 6.26. The van der Waals surface area contributed by atoms with Crippen molar-refractivity contribution in [1.82, 2.24) is 14.8 Å². The number of hydrogen-bond acceptors (Lipinski definition) is 4. The molecule has 2 N–H and O–H groups in total. The fraction of sp³-hybridized carbons (Fsp3) is 0.222. The summed E-state index contributed by atoms with van der Waals surface area (Å²) in [6.07, 6.45) is 1.64. The molecule has 3 aromatic rings. The summed E-state index contributed by atoms with van der Waals surface area (Å²) in [5.74, 6) is 1.61. The first-order valence-electron chi connectivity index (χ1n) is 7.83. The molecule has 0 saturated carbocycles. The summed E-state index contributed by atoms with van der Waals surface area (Å²) in [6, 6.07) is 14.0. The van der Waals surface area contributed by atoms with E-state index in [0.717, 1.165) is 22.9 Å². The van der Waals surface area contributed by atoms with Crippen LogP contribution in [-0.4, -0.2) is 14.8 Å². The Bertz CT molecular complexity index is 827. The number of nitrogens with one attached hydrogen (secondary N) is 2. The smallest absolute Gasteiger partial charge is 0.133 e. The predicted octanol–water partition coefficient (Wildman–Crippen LogP) is 5.31. The number of para-hydroxylation sites is 1. The number of aromatic nitrogens is 3. The third-order valence-corrected chi connectivity index (χ3v) is 3.81. The van der Waals surface area contributed by atoms with Gasteiger partial charge in [-0.25, -0.2) is 9.67 Å². The number of anilines is 4. The lowest BCUT2D eigenvalue weighted by Gasteiger charge is -2.14. The minimum absolute atomic E-state index is 0.260. The Hall–Kier alpha value is -2.53. The molecule has 0 bridgehead atoms. The first-order chi connectivity index (χ1) is 11.5. The molecule has 24 heavy (non-hydrogen) atoms. The Balaban J connectivity index is 1.86. The van der Waals surface area contributed by atoms with Crippen LogP contribution in [0.5, 0.6) is 0 Å². The van der Waals surface area contributed by atoms with Crippen LogP contribution in [0.2, 0.25) is 5.02 Å². The van der Waals surface area contributed by atoms with Crippen molar-refractivity contribution in [3.05, 3.63) is 59.4 Å². The molecule has 0 fully saturated rings. The number of nitrogens with zero attached hydrogens (tertiary/aromatic N) is 3. The summed E-state index contributed by atoms with van der Waals surface area (Å²) in [5.41, 5.74) is 2.73. The molecular formula is C18H20ClN5. The van der Waals surface area contributed by atoms with Gasteiger partial charge < -0.3 is 10.6 Å². The highest BCUT2D eigenvalue weighted by molar-refractivity contribution is 6.33. The zero-order valence-corrected chi connectivity index (χ0v) is 14.7. The monoisotopic (exact) mass is 341 g/mol. The average Bonchev–Trinajstić information content (AvgIpc) is 2.92. The van der Waals surface area contributed by atoms with E-state index in [2.05, 4.69) is 34.6 Å². The first-order valence-corrected chi connectivity index (χ1v) is 8.21. The lowest BCUT2D eigenvalue weighted by atomic mass is 10.3. The Kier molecular flexibility index (Phi) is 4.71. The fourth-order valence-corrected chi connectivity index (χ4v) is 2.57. The Morgan fingerprint density at radius 1 is 1.08 bits per heavy atom. The third kappa shape index (κ3) is 3.68. The van der Waals surface area contributed by atoms with E-state index in [1.54, 1.807) is 6.20 Å². The lowest BCUT2D eigenvalue weighted by molar-refractivity contribution is 0.536. The topological polar surface area (TPSA) is 54.8 Å². The number of halogens is 1. The second kappa shape index (κ2) is 6.93. The van der Waals surface area contributed by atoms with Gasteiger partial charge in [0, 0.05) is 23.9 Å². The largest absolute Gasteiger partial charge is 0.354 e. The van der Waals surface area contributed by atoms with Crippen LogP contribution in [0.4, 0.5) is 23.0 Å². The molecule has 2 heterocycles. The zero-order valence-electron chi connectivity index (χ0n) is 13.9. The Morgan fingerprint density at radius 3 is 2.54 bits per heavy atom. The SMILES string of the molecule is Cc1cc(Nc2cc(Nc3ccccc3)c(Cl)cn2)n(C(C)C)n1. The average molecular weight is 342 g/mol. The van der Waals surface area contributed by atoms with Crippen molar-refractivity contribution in [3.63, 3.8) is 0 Å². The Labute approximate surface area is 146 Å². The van der Waals surface area contributed by atoms with Crippen LogP contribution in [0.1, 0.15) is 25.6 Å². The van der Waals surface area contributed by atoms with E-state index in [1.165, 1.54) is 0 Å².